The number of allylic oxidation sites excluding steroid dienone is 4. The van der Waals surface area contributed by atoms with Gasteiger partial charge in [0.05, 0.1) is 5.92 Å². The van der Waals surface area contributed by atoms with Crippen LogP contribution in [0.2, 0.25) is 0 Å². The summed E-state index contributed by atoms with van der Waals surface area (Å²) in [5, 5.41) is 0.635. The molecule has 4 heteroatoms. The van der Waals surface area contributed by atoms with Crippen LogP contribution in [-0.4, -0.2) is 22.6 Å². The highest BCUT2D eigenvalue weighted by Gasteiger charge is 2.45. The maximum Gasteiger partial charge on any atom is 0.295 e. The summed E-state index contributed by atoms with van der Waals surface area (Å²) < 4.78 is 0. The van der Waals surface area contributed by atoms with Crippen LogP contribution in [0.5, 0.6) is 0 Å². The number of hydrogen-bond donors (Lipinski definition) is 0. The Bertz CT molecular complexity index is 395. The minimum absolute atomic E-state index is 0.0166. The van der Waals surface area contributed by atoms with Gasteiger partial charge >= 0.3 is 0 Å². The maximum absolute atomic E-state index is 11.7. The second-order valence-corrected chi connectivity index (χ2v) is 4.58. The first kappa shape index (κ1) is 10.4. The lowest BCUT2D eigenvalue weighted by Crippen LogP contribution is -2.32. The maximum atomic E-state index is 11.7. The third-order valence-corrected chi connectivity index (χ3v) is 3.01. The highest BCUT2D eigenvalue weighted by molar-refractivity contribution is 6.41. The van der Waals surface area contributed by atoms with Gasteiger partial charge in [0, 0.05) is 16.8 Å². The van der Waals surface area contributed by atoms with Gasteiger partial charge in [0.1, 0.15) is 0 Å². The van der Waals surface area contributed by atoms with E-state index < -0.39 is 5.91 Å². The third-order valence-electron chi connectivity index (χ3n) is 2.73. The van der Waals surface area contributed by atoms with Crippen LogP contribution in [0.15, 0.2) is 22.9 Å². The third kappa shape index (κ3) is 1.51. The first-order valence-electron chi connectivity index (χ1n) is 4.96. The first-order chi connectivity index (χ1) is 7.02. The van der Waals surface area contributed by atoms with Gasteiger partial charge in [-0.1, -0.05) is 11.6 Å². The van der Waals surface area contributed by atoms with Crippen molar-refractivity contribution in [1.29, 1.82) is 0 Å². The van der Waals surface area contributed by atoms with Gasteiger partial charge in [0.25, 0.3) is 5.91 Å². The summed E-state index contributed by atoms with van der Waals surface area (Å²) in [6.45, 7) is 3.79. The number of halogens is 1. The van der Waals surface area contributed by atoms with E-state index in [1.807, 2.05) is 13.8 Å². The molecule has 0 aromatic carbocycles. The number of ketones is 1. The lowest BCUT2D eigenvalue weighted by atomic mass is 9.95. The highest BCUT2D eigenvalue weighted by atomic mass is 35.5. The number of likely N-dealkylation sites (tertiary alicyclic amines) is 1. The molecule has 0 bridgehead atoms. The van der Waals surface area contributed by atoms with Crippen molar-refractivity contribution in [2.45, 2.75) is 26.3 Å². The second kappa shape index (κ2) is 3.49. The Hall–Kier alpha value is -1.09. The van der Waals surface area contributed by atoms with E-state index in [4.69, 9.17) is 11.6 Å². The molecule has 1 amide bonds. The predicted octanol–water partition coefficient (Wildman–Crippen LogP) is 1.83. The molecule has 0 saturated carbocycles. The number of hydrogen-bond acceptors (Lipinski definition) is 2. The number of fused-ring (bicyclic) bond motifs is 1. The Labute approximate surface area is 93.4 Å². The fourth-order valence-corrected chi connectivity index (χ4v) is 2.27. The molecule has 2 aliphatic rings. The summed E-state index contributed by atoms with van der Waals surface area (Å²) in [7, 11) is 0. The molecule has 15 heavy (non-hydrogen) atoms. The Morgan fingerprint density at radius 3 is 2.67 bits per heavy atom. The summed E-state index contributed by atoms with van der Waals surface area (Å²) in [6, 6.07) is 0.0166. The van der Waals surface area contributed by atoms with Crippen LogP contribution < -0.4 is 0 Å². The molecule has 3 nitrogen and oxygen atoms in total. The molecule has 80 valence electrons. The molecule has 1 aliphatic heterocycles. The topological polar surface area (TPSA) is 37.4 Å². The number of nitrogens with zero attached hydrogens (tertiary/aromatic N) is 1. The zero-order valence-corrected chi connectivity index (χ0v) is 9.41. The van der Waals surface area contributed by atoms with Gasteiger partial charge in [-0.3, -0.25) is 9.59 Å². The zero-order chi connectivity index (χ0) is 11.2. The summed E-state index contributed by atoms with van der Waals surface area (Å²) in [6.07, 6.45) is 4.00. The quantitative estimate of drug-likeness (QED) is 0.639. The van der Waals surface area contributed by atoms with Crippen LogP contribution in [0.1, 0.15) is 20.3 Å². The van der Waals surface area contributed by atoms with Gasteiger partial charge in [0.15, 0.2) is 0 Å². The van der Waals surface area contributed by atoms with Crippen LogP contribution in [0.3, 0.4) is 0 Å². The van der Waals surface area contributed by atoms with Crippen LogP contribution in [-0.2, 0) is 9.59 Å². The second-order valence-electron chi connectivity index (χ2n) is 4.09. The lowest BCUT2D eigenvalue weighted by molar-refractivity contribution is -0.141. The molecule has 1 saturated heterocycles. The van der Waals surface area contributed by atoms with Gasteiger partial charge in [-0.25, -0.2) is 0 Å². The molecular weight excluding hydrogens is 214 g/mol. The number of rotatable bonds is 1. The van der Waals surface area contributed by atoms with Crippen molar-refractivity contribution in [2.24, 2.45) is 5.92 Å². The van der Waals surface area contributed by atoms with Crippen molar-refractivity contribution in [3.05, 3.63) is 22.9 Å². The monoisotopic (exact) mass is 225 g/mol. The fourth-order valence-electron chi connectivity index (χ4n) is 2.05. The van der Waals surface area contributed by atoms with Gasteiger partial charge in [0.2, 0.25) is 5.78 Å². The molecule has 1 atom stereocenters. The standard InChI is InChI=1S/C11H12ClNO2/c1-6(2)13-9-4-3-7(12)5-8(9)10(14)11(13)15/h3-4,6,8H,5H2,1-2H3. The molecule has 0 spiro atoms. The van der Waals surface area contributed by atoms with Crippen molar-refractivity contribution in [2.75, 3.05) is 0 Å². The van der Waals surface area contributed by atoms with Crippen molar-refractivity contribution < 1.29 is 9.59 Å². The first-order valence-corrected chi connectivity index (χ1v) is 5.34. The summed E-state index contributed by atoms with van der Waals surface area (Å²) in [4.78, 5) is 24.9. The number of amides is 1. The van der Waals surface area contributed by atoms with Crippen LogP contribution in [0, 0.1) is 5.92 Å². The predicted molar refractivity (Wildman–Crippen MR) is 57.1 cm³/mol. The minimum Gasteiger partial charge on any atom is -0.306 e. The average molecular weight is 226 g/mol. The van der Waals surface area contributed by atoms with E-state index in [-0.39, 0.29) is 17.7 Å². The Morgan fingerprint density at radius 2 is 2.07 bits per heavy atom. The lowest BCUT2D eigenvalue weighted by Gasteiger charge is -2.24. The molecule has 0 aromatic heterocycles. The van der Waals surface area contributed by atoms with Crippen LogP contribution in [0.4, 0.5) is 0 Å². The largest absolute Gasteiger partial charge is 0.306 e. The fraction of sp³-hybridized carbons (Fsp3) is 0.455. The van der Waals surface area contributed by atoms with E-state index in [1.54, 1.807) is 17.1 Å². The molecule has 2 rings (SSSR count). The van der Waals surface area contributed by atoms with E-state index in [9.17, 15) is 9.59 Å². The molecule has 1 aliphatic carbocycles. The molecule has 1 heterocycles. The van der Waals surface area contributed by atoms with Crippen molar-refractivity contribution in [1.82, 2.24) is 4.90 Å². The Balaban J connectivity index is 2.43. The highest BCUT2D eigenvalue weighted by Crippen LogP contribution is 2.36. The van der Waals surface area contributed by atoms with Gasteiger partial charge in [-0.05, 0) is 32.4 Å². The molecule has 1 unspecified atom stereocenters. The van der Waals surface area contributed by atoms with Crippen molar-refractivity contribution >= 4 is 23.3 Å². The van der Waals surface area contributed by atoms with Gasteiger partial charge < -0.3 is 4.90 Å². The SMILES string of the molecule is CC(C)N1C(=O)C(=O)C2CC(Cl)=CC=C21. The van der Waals surface area contributed by atoms with Gasteiger partial charge in [-0.2, -0.15) is 0 Å². The van der Waals surface area contributed by atoms with Crippen LogP contribution >= 0.6 is 11.6 Å². The summed E-state index contributed by atoms with van der Waals surface area (Å²) in [5.74, 6) is -1.08. The number of carbonyl (C=O) groups excluding carboxylic acids is 2. The van der Waals surface area contributed by atoms with Crippen molar-refractivity contribution in [3.63, 3.8) is 0 Å². The van der Waals surface area contributed by atoms with Crippen LogP contribution in [0.25, 0.3) is 0 Å². The molecule has 0 radical (unpaired) electrons. The zero-order valence-electron chi connectivity index (χ0n) is 8.66. The van der Waals surface area contributed by atoms with E-state index in [0.717, 1.165) is 5.70 Å². The van der Waals surface area contributed by atoms with E-state index in [2.05, 4.69) is 0 Å². The normalized spacial score (nSPS) is 25.6. The molecular formula is C11H12ClNO2. The van der Waals surface area contributed by atoms with E-state index in [0.29, 0.717) is 11.5 Å². The molecule has 0 N–H and O–H groups in total. The number of Topliss-reactive ketones (excluding diaryl/α,β-unsaturated/α-hetero) is 1. The Morgan fingerprint density at radius 1 is 1.40 bits per heavy atom. The number of carbonyl (C=O) groups is 2. The summed E-state index contributed by atoms with van der Waals surface area (Å²) in [5.41, 5.74) is 0.796. The Kier molecular flexibility index (Phi) is 2.43. The van der Waals surface area contributed by atoms with Gasteiger partial charge in [-0.15, -0.1) is 0 Å². The molecule has 0 aromatic rings. The van der Waals surface area contributed by atoms with E-state index >= 15 is 0 Å². The van der Waals surface area contributed by atoms with E-state index in [1.165, 1.54) is 0 Å². The van der Waals surface area contributed by atoms with Crippen molar-refractivity contribution in [3.8, 4) is 0 Å². The average Bonchev–Trinajstić information content (AvgIpc) is 2.41. The molecule has 1 fully saturated rings. The minimum atomic E-state index is -0.402. The smallest absolute Gasteiger partial charge is 0.295 e. The summed E-state index contributed by atoms with van der Waals surface area (Å²) >= 11 is 5.86.